The molecular weight excluding hydrogens is 440 g/mol. The molecule has 0 N–H and O–H groups in total. The molecule has 0 radical (unpaired) electrons. The lowest BCUT2D eigenvalue weighted by atomic mass is 10.1. The second-order valence-corrected chi connectivity index (χ2v) is 7.73. The summed E-state index contributed by atoms with van der Waals surface area (Å²) in [6.45, 7) is 10.7. The highest BCUT2D eigenvalue weighted by Crippen LogP contribution is 2.27. The Morgan fingerprint density at radius 3 is 1.84 bits per heavy atom. The Bertz CT molecular complexity index is 966. The first-order valence-corrected chi connectivity index (χ1v) is 11.0. The lowest BCUT2D eigenvalue weighted by Gasteiger charge is -2.08. The number of rotatable bonds is 11. The molecule has 1 atom stereocenters. The number of esters is 2. The standard InChI is InChI=1S/C22H22O7S2/c1-5-26-21(23)15(3)28-30-19-11-7-17(8-12-19)18-9-13-20(14-10-18)31(25)29-16(4)22(24)27-6-2/h7-14H,3-6H2,1-2H3. The van der Waals surface area contributed by atoms with Crippen LogP contribution in [-0.2, 0) is 38.5 Å². The van der Waals surface area contributed by atoms with Gasteiger partial charge >= 0.3 is 11.9 Å². The molecule has 1 unspecified atom stereocenters. The van der Waals surface area contributed by atoms with Crippen molar-refractivity contribution in [3.05, 3.63) is 73.2 Å². The molecule has 0 aliphatic carbocycles. The highest BCUT2D eigenvalue weighted by molar-refractivity contribution is 7.94. The van der Waals surface area contributed by atoms with Crippen LogP contribution < -0.4 is 0 Å². The molecule has 31 heavy (non-hydrogen) atoms. The van der Waals surface area contributed by atoms with E-state index in [2.05, 4.69) is 13.2 Å². The lowest BCUT2D eigenvalue weighted by molar-refractivity contribution is -0.141. The average molecular weight is 463 g/mol. The van der Waals surface area contributed by atoms with E-state index in [-0.39, 0.29) is 24.7 Å². The predicted octanol–water partition coefficient (Wildman–Crippen LogP) is 4.57. The van der Waals surface area contributed by atoms with Gasteiger partial charge in [-0.2, -0.15) is 0 Å². The van der Waals surface area contributed by atoms with Crippen LogP contribution in [0.15, 0.2) is 83.0 Å². The highest BCUT2D eigenvalue weighted by Gasteiger charge is 2.15. The van der Waals surface area contributed by atoms with Crippen molar-refractivity contribution in [2.45, 2.75) is 23.6 Å². The summed E-state index contributed by atoms with van der Waals surface area (Å²) in [5.74, 6) is -1.74. The third kappa shape index (κ3) is 7.30. The summed E-state index contributed by atoms with van der Waals surface area (Å²) in [4.78, 5) is 24.1. The fraction of sp³-hybridized carbons (Fsp3) is 0.182. The third-order valence-electron chi connectivity index (χ3n) is 3.66. The zero-order valence-corrected chi connectivity index (χ0v) is 18.8. The first-order chi connectivity index (χ1) is 14.8. The van der Waals surface area contributed by atoms with Crippen LogP contribution in [0, 0.1) is 0 Å². The SMILES string of the molecule is C=C(OSc1ccc(-c2ccc(S(=O)OC(=C)C(=O)OCC)cc2)cc1)C(=O)OCC. The van der Waals surface area contributed by atoms with Crippen molar-refractivity contribution in [3.8, 4) is 11.1 Å². The molecule has 0 aromatic heterocycles. The molecule has 164 valence electrons. The van der Waals surface area contributed by atoms with Crippen molar-refractivity contribution < 1.29 is 31.6 Å². The van der Waals surface area contributed by atoms with Crippen LogP contribution in [0.1, 0.15) is 13.8 Å². The summed E-state index contributed by atoms with van der Waals surface area (Å²) < 4.78 is 32.1. The van der Waals surface area contributed by atoms with E-state index < -0.39 is 23.0 Å². The van der Waals surface area contributed by atoms with Gasteiger partial charge in [0.15, 0.2) is 0 Å². The van der Waals surface area contributed by atoms with Crippen LogP contribution in [0.5, 0.6) is 0 Å². The second-order valence-electron chi connectivity index (χ2n) is 5.82. The number of hydrogen-bond donors (Lipinski definition) is 0. The topological polar surface area (TPSA) is 88.1 Å². The molecule has 9 heteroatoms. The number of carbonyl (C=O) groups excluding carboxylic acids is 2. The minimum atomic E-state index is -1.89. The van der Waals surface area contributed by atoms with E-state index in [0.717, 1.165) is 28.1 Å². The lowest BCUT2D eigenvalue weighted by Crippen LogP contribution is -2.11. The summed E-state index contributed by atoms with van der Waals surface area (Å²) in [7, 11) is 0. The van der Waals surface area contributed by atoms with Gasteiger partial charge in [0, 0.05) is 4.90 Å². The molecule has 7 nitrogen and oxygen atoms in total. The molecule has 2 aromatic carbocycles. The monoisotopic (exact) mass is 462 g/mol. The minimum Gasteiger partial charge on any atom is -0.460 e. The van der Waals surface area contributed by atoms with Crippen molar-refractivity contribution in [2.24, 2.45) is 0 Å². The van der Waals surface area contributed by atoms with Crippen LogP contribution in [0.4, 0.5) is 0 Å². The fourth-order valence-electron chi connectivity index (χ4n) is 2.19. The van der Waals surface area contributed by atoms with E-state index in [9.17, 15) is 13.8 Å². The Hall–Kier alpha value is -3.04. The van der Waals surface area contributed by atoms with Crippen molar-refractivity contribution in [3.63, 3.8) is 0 Å². The van der Waals surface area contributed by atoms with Gasteiger partial charge in [-0.3, -0.25) is 0 Å². The molecule has 0 bridgehead atoms. The van der Waals surface area contributed by atoms with E-state index in [4.69, 9.17) is 17.8 Å². The van der Waals surface area contributed by atoms with Gasteiger partial charge < -0.3 is 17.8 Å². The van der Waals surface area contributed by atoms with Gasteiger partial charge in [0.1, 0.15) is 0 Å². The van der Waals surface area contributed by atoms with Gasteiger partial charge in [0.2, 0.25) is 22.6 Å². The maximum absolute atomic E-state index is 12.2. The first-order valence-electron chi connectivity index (χ1n) is 9.22. The zero-order chi connectivity index (χ0) is 22.8. The fourth-order valence-corrected chi connectivity index (χ4v) is 3.41. The van der Waals surface area contributed by atoms with Crippen LogP contribution >= 0.6 is 12.0 Å². The Morgan fingerprint density at radius 1 is 0.839 bits per heavy atom. The van der Waals surface area contributed by atoms with Gasteiger partial charge in [0.25, 0.3) is 0 Å². The summed E-state index contributed by atoms with van der Waals surface area (Å²) in [5, 5.41) is 0. The average Bonchev–Trinajstić information content (AvgIpc) is 2.78. The van der Waals surface area contributed by atoms with Crippen molar-refractivity contribution in [1.82, 2.24) is 0 Å². The minimum absolute atomic E-state index is 0.0765. The molecular formula is C22H22O7S2. The van der Waals surface area contributed by atoms with Gasteiger partial charge in [-0.25, -0.2) is 13.8 Å². The quantitative estimate of drug-likeness (QED) is 0.208. The molecule has 0 aliphatic heterocycles. The Labute approximate surface area is 187 Å². The number of ether oxygens (including phenoxy) is 2. The Balaban J connectivity index is 1.96. The molecule has 2 rings (SSSR count). The summed E-state index contributed by atoms with van der Waals surface area (Å²) >= 11 is -0.884. The largest absolute Gasteiger partial charge is 0.460 e. The summed E-state index contributed by atoms with van der Waals surface area (Å²) in [5.41, 5.74) is 1.81. The zero-order valence-electron chi connectivity index (χ0n) is 17.1. The number of carbonyl (C=O) groups is 2. The molecule has 0 amide bonds. The van der Waals surface area contributed by atoms with Crippen molar-refractivity contribution >= 4 is 35.1 Å². The van der Waals surface area contributed by atoms with Gasteiger partial charge in [-0.15, -0.1) is 0 Å². The Kier molecular flexibility index (Phi) is 9.36. The van der Waals surface area contributed by atoms with Gasteiger partial charge in [-0.1, -0.05) is 24.3 Å². The summed E-state index contributed by atoms with van der Waals surface area (Å²) in [6.07, 6.45) is 0. The van der Waals surface area contributed by atoms with Crippen LogP contribution in [0.25, 0.3) is 11.1 Å². The van der Waals surface area contributed by atoms with Crippen LogP contribution in [0.3, 0.4) is 0 Å². The van der Waals surface area contributed by atoms with E-state index in [1.54, 1.807) is 38.1 Å². The normalized spacial score (nSPS) is 11.2. The first kappa shape index (κ1) is 24.2. The molecule has 0 spiro atoms. The van der Waals surface area contributed by atoms with E-state index in [0.29, 0.717) is 4.90 Å². The Morgan fingerprint density at radius 2 is 1.32 bits per heavy atom. The maximum atomic E-state index is 12.2. The molecule has 0 heterocycles. The second kappa shape index (κ2) is 12.0. The molecule has 0 fully saturated rings. The van der Waals surface area contributed by atoms with E-state index in [1.165, 1.54) is 0 Å². The maximum Gasteiger partial charge on any atom is 0.374 e. The van der Waals surface area contributed by atoms with Crippen molar-refractivity contribution in [2.75, 3.05) is 13.2 Å². The smallest absolute Gasteiger partial charge is 0.374 e. The molecule has 0 saturated carbocycles. The van der Waals surface area contributed by atoms with E-state index in [1.807, 2.05) is 24.3 Å². The third-order valence-corrected chi connectivity index (χ3v) is 5.41. The molecule has 0 saturated heterocycles. The van der Waals surface area contributed by atoms with Crippen molar-refractivity contribution in [1.29, 1.82) is 0 Å². The molecule has 0 aliphatic rings. The van der Waals surface area contributed by atoms with E-state index >= 15 is 0 Å². The van der Waals surface area contributed by atoms with Gasteiger partial charge in [0.05, 0.1) is 30.2 Å². The van der Waals surface area contributed by atoms with Crippen LogP contribution in [-0.4, -0.2) is 29.4 Å². The predicted molar refractivity (Wildman–Crippen MR) is 118 cm³/mol. The summed E-state index contributed by atoms with van der Waals surface area (Å²) in [6, 6.07) is 14.3. The highest BCUT2D eigenvalue weighted by atomic mass is 32.2. The number of benzene rings is 2. The molecule has 2 aromatic rings. The van der Waals surface area contributed by atoms with Gasteiger partial charge in [-0.05, 0) is 62.4 Å². The number of hydrogen-bond acceptors (Lipinski definition) is 8. The van der Waals surface area contributed by atoms with Crippen LogP contribution in [0.2, 0.25) is 0 Å².